The van der Waals surface area contributed by atoms with Crippen LogP contribution in [0.15, 0.2) is 53.0 Å². The van der Waals surface area contributed by atoms with Gasteiger partial charge < -0.3 is 4.90 Å². The van der Waals surface area contributed by atoms with Crippen LogP contribution in [0.2, 0.25) is 0 Å². The number of amides is 1. The van der Waals surface area contributed by atoms with Crippen molar-refractivity contribution in [3.05, 3.63) is 69.7 Å². The van der Waals surface area contributed by atoms with E-state index in [2.05, 4.69) is 34.1 Å². The molecule has 0 fully saturated rings. The molecule has 1 unspecified atom stereocenters. The van der Waals surface area contributed by atoms with Crippen LogP contribution in [0.1, 0.15) is 33.9 Å². The molecule has 1 atom stereocenters. The highest BCUT2D eigenvalue weighted by Gasteiger charge is 2.29. The summed E-state index contributed by atoms with van der Waals surface area (Å²) in [5.74, 6) is 0.0687. The first-order valence-electron chi connectivity index (χ1n) is 6.78. The SMILES string of the molecule is CN(C(=O)c1ccccc1Br)C1CCc2ccccc21. The van der Waals surface area contributed by atoms with Gasteiger partial charge in [-0.2, -0.15) is 0 Å². The highest BCUT2D eigenvalue weighted by atomic mass is 79.9. The van der Waals surface area contributed by atoms with E-state index in [-0.39, 0.29) is 11.9 Å². The molecule has 0 radical (unpaired) electrons. The second-order valence-corrected chi connectivity index (χ2v) is 6.00. The summed E-state index contributed by atoms with van der Waals surface area (Å²) in [7, 11) is 1.90. The third-order valence-corrected chi connectivity index (χ3v) is 4.68. The van der Waals surface area contributed by atoms with Crippen LogP contribution in [0.4, 0.5) is 0 Å². The van der Waals surface area contributed by atoms with E-state index >= 15 is 0 Å². The zero-order chi connectivity index (χ0) is 14.1. The van der Waals surface area contributed by atoms with Gasteiger partial charge >= 0.3 is 0 Å². The molecular formula is C17H16BrNO. The van der Waals surface area contributed by atoms with Gasteiger partial charge in [-0.15, -0.1) is 0 Å². The average Bonchev–Trinajstić information content (AvgIpc) is 2.90. The number of benzene rings is 2. The summed E-state index contributed by atoms with van der Waals surface area (Å²) in [6.45, 7) is 0. The normalized spacial score (nSPS) is 16.8. The molecule has 2 aromatic rings. The van der Waals surface area contributed by atoms with Gasteiger partial charge in [0.15, 0.2) is 0 Å². The number of nitrogens with zero attached hydrogens (tertiary/aromatic N) is 1. The van der Waals surface area contributed by atoms with Crippen molar-refractivity contribution in [1.82, 2.24) is 4.90 Å². The second kappa shape index (κ2) is 5.41. The van der Waals surface area contributed by atoms with E-state index in [0.29, 0.717) is 0 Å². The fraction of sp³-hybridized carbons (Fsp3) is 0.235. The predicted octanol–water partition coefficient (Wildman–Crippen LogP) is 4.21. The molecule has 0 bridgehead atoms. The molecule has 0 N–H and O–H groups in total. The number of hydrogen-bond donors (Lipinski definition) is 0. The molecule has 0 saturated carbocycles. The van der Waals surface area contributed by atoms with Crippen molar-refractivity contribution in [2.45, 2.75) is 18.9 Å². The summed E-state index contributed by atoms with van der Waals surface area (Å²) in [4.78, 5) is 14.5. The highest BCUT2D eigenvalue weighted by Crippen LogP contribution is 2.35. The molecule has 0 heterocycles. The van der Waals surface area contributed by atoms with Gasteiger partial charge in [0.25, 0.3) is 5.91 Å². The van der Waals surface area contributed by atoms with E-state index in [1.54, 1.807) is 0 Å². The van der Waals surface area contributed by atoms with E-state index in [1.807, 2.05) is 42.3 Å². The summed E-state index contributed by atoms with van der Waals surface area (Å²) < 4.78 is 0.850. The predicted molar refractivity (Wildman–Crippen MR) is 83.7 cm³/mol. The Morgan fingerprint density at radius 2 is 1.85 bits per heavy atom. The molecule has 3 rings (SSSR count). The monoisotopic (exact) mass is 329 g/mol. The van der Waals surface area contributed by atoms with Gasteiger partial charge in [0.1, 0.15) is 0 Å². The molecule has 1 aliphatic carbocycles. The third kappa shape index (κ3) is 2.27. The first-order valence-corrected chi connectivity index (χ1v) is 7.57. The largest absolute Gasteiger partial charge is 0.335 e. The van der Waals surface area contributed by atoms with Crippen LogP contribution in [0.25, 0.3) is 0 Å². The average molecular weight is 330 g/mol. The molecule has 1 amide bonds. The van der Waals surface area contributed by atoms with Gasteiger partial charge in [-0.05, 0) is 52.0 Å². The molecule has 0 aromatic heterocycles. The van der Waals surface area contributed by atoms with Crippen LogP contribution >= 0.6 is 15.9 Å². The van der Waals surface area contributed by atoms with Crippen LogP contribution < -0.4 is 0 Å². The molecule has 20 heavy (non-hydrogen) atoms. The Morgan fingerprint density at radius 1 is 1.15 bits per heavy atom. The van der Waals surface area contributed by atoms with Gasteiger partial charge in [-0.3, -0.25) is 4.79 Å². The standard InChI is InChI=1S/C17H16BrNO/c1-19(17(20)14-8-4-5-9-15(14)18)16-11-10-12-6-2-3-7-13(12)16/h2-9,16H,10-11H2,1H3. The second-order valence-electron chi connectivity index (χ2n) is 5.15. The lowest BCUT2D eigenvalue weighted by Gasteiger charge is -2.26. The molecule has 0 saturated heterocycles. The quantitative estimate of drug-likeness (QED) is 0.808. The fourth-order valence-electron chi connectivity index (χ4n) is 2.90. The topological polar surface area (TPSA) is 20.3 Å². The Balaban J connectivity index is 1.89. The number of hydrogen-bond acceptors (Lipinski definition) is 1. The van der Waals surface area contributed by atoms with E-state index < -0.39 is 0 Å². The lowest BCUT2D eigenvalue weighted by molar-refractivity contribution is 0.0729. The molecule has 102 valence electrons. The summed E-state index contributed by atoms with van der Waals surface area (Å²) in [5.41, 5.74) is 3.37. The van der Waals surface area contributed by atoms with E-state index in [1.165, 1.54) is 11.1 Å². The molecule has 3 heteroatoms. The summed E-state index contributed by atoms with van der Waals surface area (Å²) in [5, 5.41) is 0. The number of aryl methyl sites for hydroxylation is 1. The van der Waals surface area contributed by atoms with Crippen LogP contribution in [-0.2, 0) is 6.42 Å². The number of fused-ring (bicyclic) bond motifs is 1. The Labute approximate surface area is 127 Å². The lowest BCUT2D eigenvalue weighted by Crippen LogP contribution is -2.30. The summed E-state index contributed by atoms with van der Waals surface area (Å²) in [6.07, 6.45) is 2.06. The fourth-order valence-corrected chi connectivity index (χ4v) is 3.36. The van der Waals surface area contributed by atoms with Crippen molar-refractivity contribution in [3.8, 4) is 0 Å². The van der Waals surface area contributed by atoms with Crippen molar-refractivity contribution in [2.24, 2.45) is 0 Å². The maximum absolute atomic E-state index is 12.7. The first kappa shape index (κ1) is 13.4. The van der Waals surface area contributed by atoms with Gasteiger partial charge in [-0.25, -0.2) is 0 Å². The zero-order valence-corrected chi connectivity index (χ0v) is 12.9. The van der Waals surface area contributed by atoms with Crippen molar-refractivity contribution < 1.29 is 4.79 Å². The van der Waals surface area contributed by atoms with E-state index in [9.17, 15) is 4.79 Å². The molecule has 2 nitrogen and oxygen atoms in total. The van der Waals surface area contributed by atoms with Crippen LogP contribution in [0.5, 0.6) is 0 Å². The van der Waals surface area contributed by atoms with Gasteiger partial charge in [0.05, 0.1) is 11.6 Å². The zero-order valence-electron chi connectivity index (χ0n) is 11.3. The van der Waals surface area contributed by atoms with Crippen LogP contribution in [0, 0.1) is 0 Å². The Bertz CT molecular complexity index is 653. The maximum Gasteiger partial charge on any atom is 0.255 e. The number of carbonyl (C=O) groups is 1. The van der Waals surface area contributed by atoms with Crippen molar-refractivity contribution in [3.63, 3.8) is 0 Å². The minimum atomic E-state index is 0.0687. The molecule has 2 aromatic carbocycles. The van der Waals surface area contributed by atoms with E-state index in [0.717, 1.165) is 22.9 Å². The summed E-state index contributed by atoms with van der Waals surface area (Å²) in [6, 6.07) is 16.2. The number of halogens is 1. The van der Waals surface area contributed by atoms with E-state index in [4.69, 9.17) is 0 Å². The van der Waals surface area contributed by atoms with Crippen LogP contribution in [-0.4, -0.2) is 17.9 Å². The summed E-state index contributed by atoms with van der Waals surface area (Å²) >= 11 is 3.46. The smallest absolute Gasteiger partial charge is 0.255 e. The maximum atomic E-state index is 12.7. The van der Waals surface area contributed by atoms with Crippen molar-refractivity contribution in [1.29, 1.82) is 0 Å². The van der Waals surface area contributed by atoms with Crippen molar-refractivity contribution >= 4 is 21.8 Å². The Morgan fingerprint density at radius 3 is 2.65 bits per heavy atom. The van der Waals surface area contributed by atoms with Crippen LogP contribution in [0.3, 0.4) is 0 Å². The molecule has 0 aliphatic heterocycles. The Kier molecular flexibility index (Phi) is 3.62. The van der Waals surface area contributed by atoms with Gasteiger partial charge in [0, 0.05) is 11.5 Å². The highest BCUT2D eigenvalue weighted by molar-refractivity contribution is 9.10. The molecular weight excluding hydrogens is 314 g/mol. The minimum absolute atomic E-state index is 0.0687. The first-order chi connectivity index (χ1) is 9.68. The third-order valence-electron chi connectivity index (χ3n) is 3.99. The lowest BCUT2D eigenvalue weighted by atomic mass is 10.1. The molecule has 0 spiro atoms. The Hall–Kier alpha value is -1.61. The number of carbonyl (C=O) groups excluding carboxylic acids is 1. The van der Waals surface area contributed by atoms with Gasteiger partial charge in [-0.1, -0.05) is 36.4 Å². The van der Waals surface area contributed by atoms with Gasteiger partial charge in [0.2, 0.25) is 0 Å². The molecule has 1 aliphatic rings. The van der Waals surface area contributed by atoms with Crippen molar-refractivity contribution in [2.75, 3.05) is 7.05 Å². The number of rotatable bonds is 2. The minimum Gasteiger partial charge on any atom is -0.335 e.